The predicted molar refractivity (Wildman–Crippen MR) is 106 cm³/mol. The van der Waals surface area contributed by atoms with Crippen LogP contribution in [0.25, 0.3) is 5.65 Å². The van der Waals surface area contributed by atoms with E-state index in [0.29, 0.717) is 23.6 Å². The molecule has 3 rings (SSSR count). The molecule has 0 bridgehead atoms. The summed E-state index contributed by atoms with van der Waals surface area (Å²) in [6, 6.07) is 8.38. The molecule has 1 aromatic carbocycles. The van der Waals surface area contributed by atoms with Crippen LogP contribution in [0, 0.1) is 13.8 Å². The van der Waals surface area contributed by atoms with Gasteiger partial charge in [-0.25, -0.2) is 17.9 Å². The Morgan fingerprint density at radius 1 is 1.19 bits per heavy atom. The van der Waals surface area contributed by atoms with Crippen LogP contribution in [-0.2, 0) is 16.3 Å². The highest BCUT2D eigenvalue weighted by atomic mass is 35.5. The van der Waals surface area contributed by atoms with E-state index in [1.165, 1.54) is 11.8 Å². The van der Waals surface area contributed by atoms with Crippen LogP contribution in [0.1, 0.15) is 17.0 Å². The van der Waals surface area contributed by atoms with E-state index in [1.54, 1.807) is 34.8 Å². The average molecular weight is 413 g/mol. The standard InChI is InChI=1S/C17H20N4O2S2.ClH/c1-11-14(9-10-18)12(2)21-16(19-11)15(17(20-21)24-3)25(22,23)13-7-5-4-6-8-13;/h4-8H,9-10,18H2,1-3H3;1H. The fraction of sp³-hybridized carbons (Fsp3) is 0.294. The van der Waals surface area contributed by atoms with Crippen LogP contribution < -0.4 is 5.73 Å². The number of nitrogens with two attached hydrogens (primary N) is 1. The van der Waals surface area contributed by atoms with Gasteiger partial charge in [0.05, 0.1) is 4.90 Å². The van der Waals surface area contributed by atoms with Crippen LogP contribution >= 0.6 is 24.2 Å². The average Bonchev–Trinajstić information content (AvgIpc) is 2.98. The molecule has 0 saturated heterocycles. The minimum atomic E-state index is -3.72. The van der Waals surface area contributed by atoms with Gasteiger partial charge in [0.15, 0.2) is 10.5 Å². The zero-order chi connectivity index (χ0) is 18.2. The Balaban J connectivity index is 0.00000243. The number of nitrogens with zero attached hydrogens (tertiary/aromatic N) is 3. The van der Waals surface area contributed by atoms with Crippen molar-refractivity contribution in [2.24, 2.45) is 5.73 Å². The normalized spacial score (nSPS) is 11.5. The van der Waals surface area contributed by atoms with E-state index in [4.69, 9.17) is 5.73 Å². The SMILES string of the molecule is CSc1nn2c(C)c(CCN)c(C)nc2c1S(=O)(=O)c1ccccc1.Cl. The molecule has 0 radical (unpaired) electrons. The molecule has 0 aliphatic rings. The first-order valence-corrected chi connectivity index (χ1v) is 10.6. The van der Waals surface area contributed by atoms with Gasteiger partial charge in [0.25, 0.3) is 0 Å². The maximum Gasteiger partial charge on any atom is 0.213 e. The number of thioether (sulfide) groups is 1. The van der Waals surface area contributed by atoms with Crippen molar-refractivity contribution in [1.82, 2.24) is 14.6 Å². The smallest absolute Gasteiger partial charge is 0.213 e. The van der Waals surface area contributed by atoms with Crippen LogP contribution in [0.15, 0.2) is 45.1 Å². The molecule has 9 heteroatoms. The lowest BCUT2D eigenvalue weighted by Gasteiger charge is -2.10. The largest absolute Gasteiger partial charge is 0.330 e. The van der Waals surface area contributed by atoms with Crippen LogP contribution in [0.3, 0.4) is 0 Å². The predicted octanol–water partition coefficient (Wildman–Crippen LogP) is 2.82. The van der Waals surface area contributed by atoms with Crippen LogP contribution in [0.2, 0.25) is 0 Å². The van der Waals surface area contributed by atoms with Gasteiger partial charge in [-0.15, -0.1) is 24.2 Å². The Hall–Kier alpha value is -1.61. The first kappa shape index (κ1) is 20.7. The third-order valence-electron chi connectivity index (χ3n) is 4.16. The van der Waals surface area contributed by atoms with Crippen molar-refractivity contribution in [1.29, 1.82) is 0 Å². The molecule has 0 saturated carbocycles. The summed E-state index contributed by atoms with van der Waals surface area (Å²) in [5.74, 6) is 0. The summed E-state index contributed by atoms with van der Waals surface area (Å²) in [4.78, 5) is 4.97. The molecule has 0 spiro atoms. The van der Waals surface area contributed by atoms with Gasteiger partial charge in [-0.05, 0) is 50.8 Å². The maximum atomic E-state index is 13.2. The van der Waals surface area contributed by atoms with E-state index in [2.05, 4.69) is 10.1 Å². The molecule has 2 N–H and O–H groups in total. The molecule has 2 aromatic heterocycles. The summed E-state index contributed by atoms with van der Waals surface area (Å²) in [7, 11) is -3.72. The number of benzene rings is 1. The molecular weight excluding hydrogens is 392 g/mol. The van der Waals surface area contributed by atoms with Crippen molar-refractivity contribution >= 4 is 39.7 Å². The highest BCUT2D eigenvalue weighted by Gasteiger charge is 2.29. The molecule has 0 aliphatic heterocycles. The summed E-state index contributed by atoms with van der Waals surface area (Å²) in [5.41, 5.74) is 8.72. The number of aryl methyl sites for hydroxylation is 2. The Labute approximate surface area is 163 Å². The summed E-state index contributed by atoms with van der Waals surface area (Å²) < 4.78 is 28.0. The van der Waals surface area contributed by atoms with Gasteiger partial charge >= 0.3 is 0 Å². The molecule has 26 heavy (non-hydrogen) atoms. The molecular formula is C17H21ClN4O2S2. The van der Waals surface area contributed by atoms with Gasteiger partial charge in [-0.3, -0.25) is 0 Å². The van der Waals surface area contributed by atoms with Gasteiger partial charge in [-0.2, -0.15) is 5.10 Å². The second-order valence-corrected chi connectivity index (χ2v) is 8.37. The minimum absolute atomic E-state index is 0. The first-order valence-electron chi connectivity index (χ1n) is 7.84. The molecule has 140 valence electrons. The van der Waals surface area contributed by atoms with Gasteiger partial charge < -0.3 is 5.73 Å². The van der Waals surface area contributed by atoms with Crippen molar-refractivity contribution in [2.75, 3.05) is 12.8 Å². The van der Waals surface area contributed by atoms with Crippen molar-refractivity contribution in [3.8, 4) is 0 Å². The Morgan fingerprint density at radius 2 is 1.85 bits per heavy atom. The van der Waals surface area contributed by atoms with Gasteiger partial charge in [-0.1, -0.05) is 18.2 Å². The second-order valence-electron chi connectivity index (χ2n) is 5.69. The topological polar surface area (TPSA) is 90.3 Å². The number of aromatic nitrogens is 3. The van der Waals surface area contributed by atoms with E-state index in [9.17, 15) is 8.42 Å². The number of rotatable bonds is 5. The fourth-order valence-electron chi connectivity index (χ4n) is 2.92. The zero-order valence-electron chi connectivity index (χ0n) is 14.8. The number of fused-ring (bicyclic) bond motifs is 1. The molecule has 0 atom stereocenters. The number of hydrogen-bond acceptors (Lipinski definition) is 6. The number of sulfone groups is 1. The maximum absolute atomic E-state index is 13.2. The summed E-state index contributed by atoms with van der Waals surface area (Å²) in [5, 5.41) is 4.95. The third-order valence-corrected chi connectivity index (χ3v) is 6.77. The summed E-state index contributed by atoms with van der Waals surface area (Å²) in [6.07, 6.45) is 2.49. The first-order chi connectivity index (χ1) is 11.9. The third kappa shape index (κ3) is 3.34. The lowest BCUT2D eigenvalue weighted by Crippen LogP contribution is -2.11. The molecule has 6 nitrogen and oxygen atoms in total. The van der Waals surface area contributed by atoms with E-state index < -0.39 is 9.84 Å². The fourth-order valence-corrected chi connectivity index (χ4v) is 5.33. The summed E-state index contributed by atoms with van der Waals surface area (Å²) in [6.45, 7) is 4.30. The Kier molecular flexibility index (Phi) is 6.33. The van der Waals surface area contributed by atoms with E-state index in [-0.39, 0.29) is 22.2 Å². The zero-order valence-corrected chi connectivity index (χ0v) is 17.2. The molecule has 0 aliphatic carbocycles. The molecule has 3 aromatic rings. The Morgan fingerprint density at radius 3 is 2.42 bits per heavy atom. The number of hydrogen-bond donors (Lipinski definition) is 1. The summed E-state index contributed by atoms with van der Waals surface area (Å²) >= 11 is 1.30. The highest BCUT2D eigenvalue weighted by Crippen LogP contribution is 2.33. The monoisotopic (exact) mass is 412 g/mol. The molecule has 0 amide bonds. The number of halogens is 1. The lowest BCUT2D eigenvalue weighted by molar-refractivity contribution is 0.594. The van der Waals surface area contributed by atoms with Crippen LogP contribution in [0.5, 0.6) is 0 Å². The van der Waals surface area contributed by atoms with Crippen molar-refractivity contribution < 1.29 is 8.42 Å². The van der Waals surface area contributed by atoms with Crippen LogP contribution in [-0.4, -0.2) is 35.8 Å². The van der Waals surface area contributed by atoms with Crippen molar-refractivity contribution in [3.05, 3.63) is 47.3 Å². The van der Waals surface area contributed by atoms with Crippen LogP contribution in [0.4, 0.5) is 0 Å². The van der Waals surface area contributed by atoms with Gasteiger partial charge in [0.2, 0.25) is 9.84 Å². The lowest BCUT2D eigenvalue weighted by atomic mass is 10.1. The van der Waals surface area contributed by atoms with Crippen molar-refractivity contribution in [2.45, 2.75) is 35.1 Å². The molecule has 2 heterocycles. The van der Waals surface area contributed by atoms with E-state index >= 15 is 0 Å². The van der Waals surface area contributed by atoms with Crippen molar-refractivity contribution in [3.63, 3.8) is 0 Å². The second kappa shape index (κ2) is 7.96. The molecule has 0 fully saturated rings. The van der Waals surface area contributed by atoms with Gasteiger partial charge in [0, 0.05) is 11.4 Å². The van der Waals surface area contributed by atoms with E-state index in [1.807, 2.05) is 20.1 Å². The molecule has 0 unspecified atom stereocenters. The highest BCUT2D eigenvalue weighted by molar-refractivity contribution is 7.99. The minimum Gasteiger partial charge on any atom is -0.330 e. The van der Waals surface area contributed by atoms with Gasteiger partial charge in [0.1, 0.15) is 5.03 Å². The van der Waals surface area contributed by atoms with E-state index in [0.717, 1.165) is 17.0 Å². The quantitative estimate of drug-likeness (QED) is 0.648. The Bertz CT molecular complexity index is 1030.